The predicted molar refractivity (Wildman–Crippen MR) is 119 cm³/mol. The Balaban J connectivity index is 1.48. The maximum absolute atomic E-state index is 13.6. The Bertz CT molecular complexity index is 1250. The molecule has 1 fully saturated rings. The molecule has 0 spiro atoms. The molecule has 5 nitrogen and oxygen atoms in total. The lowest BCUT2D eigenvalue weighted by molar-refractivity contribution is 0.0750. The molecule has 0 bridgehead atoms. The average Bonchev–Trinajstić information content (AvgIpc) is 2.82. The molecule has 0 unspecified atom stereocenters. The molecule has 1 aliphatic rings. The van der Waals surface area contributed by atoms with Crippen molar-refractivity contribution < 1.29 is 4.79 Å². The molecule has 5 heteroatoms. The van der Waals surface area contributed by atoms with E-state index in [4.69, 9.17) is 0 Å². The van der Waals surface area contributed by atoms with Gasteiger partial charge in [0.25, 0.3) is 5.91 Å². The monoisotopic (exact) mass is 392 g/mol. The van der Waals surface area contributed by atoms with Crippen molar-refractivity contribution in [3.8, 4) is 6.07 Å². The van der Waals surface area contributed by atoms with Crippen LogP contribution in [0.4, 0.5) is 5.82 Å². The van der Waals surface area contributed by atoms with Crippen molar-refractivity contribution in [2.45, 2.75) is 0 Å². The quantitative estimate of drug-likeness (QED) is 0.479. The van der Waals surface area contributed by atoms with Crippen molar-refractivity contribution in [2.75, 3.05) is 31.1 Å². The summed E-state index contributed by atoms with van der Waals surface area (Å²) < 4.78 is 0. The molecule has 1 aromatic heterocycles. The fraction of sp³-hybridized carbons (Fsp3) is 0.160. The van der Waals surface area contributed by atoms with Crippen LogP contribution in [0.1, 0.15) is 15.9 Å². The van der Waals surface area contributed by atoms with Crippen molar-refractivity contribution in [1.82, 2.24) is 9.88 Å². The average molecular weight is 392 g/mol. The van der Waals surface area contributed by atoms with E-state index in [2.05, 4.69) is 34.2 Å². The Labute approximate surface area is 174 Å². The summed E-state index contributed by atoms with van der Waals surface area (Å²) in [6.07, 6.45) is 1.70. The highest BCUT2D eigenvalue weighted by atomic mass is 16.2. The van der Waals surface area contributed by atoms with Gasteiger partial charge in [0.1, 0.15) is 11.9 Å². The highest BCUT2D eigenvalue weighted by Gasteiger charge is 2.26. The van der Waals surface area contributed by atoms with E-state index in [1.807, 2.05) is 41.3 Å². The molecule has 0 N–H and O–H groups in total. The number of benzene rings is 3. The Morgan fingerprint density at radius 2 is 1.50 bits per heavy atom. The standard InChI is InChI=1S/C25H20N4O/c26-17-20-8-5-11-27-24(20)28-12-14-29(15-13-28)25(30)23-21-9-3-1-6-18(21)16-19-7-2-4-10-22(19)23/h1-11,16H,12-15H2. The maximum Gasteiger partial charge on any atom is 0.255 e. The van der Waals surface area contributed by atoms with Gasteiger partial charge in [-0.05, 0) is 39.7 Å². The van der Waals surface area contributed by atoms with Gasteiger partial charge in [-0.25, -0.2) is 4.98 Å². The third kappa shape index (κ3) is 3.03. The van der Waals surface area contributed by atoms with Crippen molar-refractivity contribution in [2.24, 2.45) is 0 Å². The summed E-state index contributed by atoms with van der Waals surface area (Å²) in [5.74, 6) is 0.756. The zero-order valence-corrected chi connectivity index (χ0v) is 16.5. The first-order valence-corrected chi connectivity index (χ1v) is 10.1. The van der Waals surface area contributed by atoms with Gasteiger partial charge in [-0.15, -0.1) is 0 Å². The van der Waals surface area contributed by atoms with Gasteiger partial charge in [-0.2, -0.15) is 5.26 Å². The summed E-state index contributed by atoms with van der Waals surface area (Å²) >= 11 is 0. The number of hydrogen-bond acceptors (Lipinski definition) is 4. The van der Waals surface area contributed by atoms with Crippen LogP contribution >= 0.6 is 0 Å². The number of fused-ring (bicyclic) bond motifs is 2. The molecular formula is C25H20N4O. The van der Waals surface area contributed by atoms with Crippen LogP contribution in [-0.2, 0) is 0 Å². The van der Waals surface area contributed by atoms with Crippen LogP contribution in [-0.4, -0.2) is 42.0 Å². The van der Waals surface area contributed by atoms with E-state index in [0.717, 1.165) is 27.1 Å². The molecule has 1 aliphatic heterocycles. The van der Waals surface area contributed by atoms with Crippen molar-refractivity contribution in [1.29, 1.82) is 5.26 Å². The molecule has 2 heterocycles. The zero-order valence-electron chi connectivity index (χ0n) is 16.5. The second-order valence-corrected chi connectivity index (χ2v) is 7.46. The molecule has 4 aromatic rings. The number of carbonyl (C=O) groups excluding carboxylic acids is 1. The third-order valence-electron chi connectivity index (χ3n) is 5.76. The molecule has 0 saturated carbocycles. The van der Waals surface area contributed by atoms with E-state index in [-0.39, 0.29) is 5.91 Å². The van der Waals surface area contributed by atoms with E-state index in [1.54, 1.807) is 18.3 Å². The summed E-state index contributed by atoms with van der Waals surface area (Å²) in [4.78, 5) is 22.0. The van der Waals surface area contributed by atoms with Crippen LogP contribution in [0.2, 0.25) is 0 Å². The van der Waals surface area contributed by atoms with Crippen LogP contribution in [0, 0.1) is 11.3 Å². The molecule has 146 valence electrons. The highest BCUT2D eigenvalue weighted by molar-refractivity contribution is 6.18. The Kier molecular flexibility index (Phi) is 4.53. The molecule has 5 rings (SSSR count). The minimum absolute atomic E-state index is 0.0594. The Morgan fingerprint density at radius 1 is 0.867 bits per heavy atom. The number of nitriles is 1. The molecular weight excluding hydrogens is 372 g/mol. The number of hydrogen-bond donors (Lipinski definition) is 0. The number of nitrogens with zero attached hydrogens (tertiary/aromatic N) is 4. The fourth-order valence-corrected chi connectivity index (χ4v) is 4.26. The summed E-state index contributed by atoms with van der Waals surface area (Å²) in [6, 6.07) is 24.0. The fourth-order valence-electron chi connectivity index (χ4n) is 4.26. The third-order valence-corrected chi connectivity index (χ3v) is 5.76. The number of aromatic nitrogens is 1. The second-order valence-electron chi connectivity index (χ2n) is 7.46. The summed E-state index contributed by atoms with van der Waals surface area (Å²) in [5, 5.41) is 13.5. The smallest absolute Gasteiger partial charge is 0.255 e. The van der Waals surface area contributed by atoms with Gasteiger partial charge in [0.15, 0.2) is 0 Å². The van der Waals surface area contributed by atoms with E-state index < -0.39 is 0 Å². The van der Waals surface area contributed by atoms with Gasteiger partial charge in [0, 0.05) is 32.4 Å². The summed E-state index contributed by atoms with van der Waals surface area (Å²) in [6.45, 7) is 2.50. The molecule has 3 aromatic carbocycles. The van der Waals surface area contributed by atoms with Crippen LogP contribution in [0.25, 0.3) is 21.5 Å². The van der Waals surface area contributed by atoms with Gasteiger partial charge in [0.2, 0.25) is 0 Å². The molecule has 30 heavy (non-hydrogen) atoms. The number of piperazine rings is 1. The molecule has 0 radical (unpaired) electrons. The first kappa shape index (κ1) is 18.1. The zero-order chi connectivity index (χ0) is 20.5. The Hall–Kier alpha value is -3.91. The van der Waals surface area contributed by atoms with Gasteiger partial charge in [-0.1, -0.05) is 48.5 Å². The van der Waals surface area contributed by atoms with Gasteiger partial charge < -0.3 is 9.80 Å². The van der Waals surface area contributed by atoms with Crippen molar-refractivity contribution in [3.63, 3.8) is 0 Å². The van der Waals surface area contributed by atoms with Gasteiger partial charge in [0.05, 0.1) is 11.1 Å². The number of rotatable bonds is 2. The lowest BCUT2D eigenvalue weighted by Gasteiger charge is -2.36. The molecule has 1 amide bonds. The first-order valence-electron chi connectivity index (χ1n) is 10.1. The van der Waals surface area contributed by atoms with Gasteiger partial charge >= 0.3 is 0 Å². The van der Waals surface area contributed by atoms with Crippen molar-refractivity contribution in [3.05, 3.63) is 84.1 Å². The molecule has 0 atom stereocenters. The topological polar surface area (TPSA) is 60.2 Å². The number of anilines is 1. The second kappa shape index (κ2) is 7.49. The first-order chi connectivity index (χ1) is 14.8. The number of pyridine rings is 1. The number of amides is 1. The van der Waals surface area contributed by atoms with E-state index >= 15 is 0 Å². The van der Waals surface area contributed by atoms with Crippen LogP contribution < -0.4 is 4.90 Å². The summed E-state index contributed by atoms with van der Waals surface area (Å²) in [5.41, 5.74) is 1.34. The van der Waals surface area contributed by atoms with Crippen LogP contribution in [0.3, 0.4) is 0 Å². The van der Waals surface area contributed by atoms with Crippen molar-refractivity contribution >= 4 is 33.3 Å². The Morgan fingerprint density at radius 3 is 2.13 bits per heavy atom. The lowest BCUT2D eigenvalue weighted by Crippen LogP contribution is -2.49. The normalized spacial score (nSPS) is 14.1. The highest BCUT2D eigenvalue weighted by Crippen LogP contribution is 2.30. The van der Waals surface area contributed by atoms with E-state index in [9.17, 15) is 10.1 Å². The maximum atomic E-state index is 13.6. The molecule has 0 aliphatic carbocycles. The van der Waals surface area contributed by atoms with Crippen LogP contribution in [0.5, 0.6) is 0 Å². The minimum atomic E-state index is 0.0594. The predicted octanol–water partition coefficient (Wildman–Crippen LogP) is 4.22. The largest absolute Gasteiger partial charge is 0.352 e. The lowest BCUT2D eigenvalue weighted by atomic mass is 9.95. The van der Waals surface area contributed by atoms with E-state index in [0.29, 0.717) is 37.6 Å². The minimum Gasteiger partial charge on any atom is -0.352 e. The SMILES string of the molecule is N#Cc1cccnc1N1CCN(C(=O)c2c3ccccc3cc3ccccc23)CC1. The summed E-state index contributed by atoms with van der Waals surface area (Å²) in [7, 11) is 0. The molecule has 1 saturated heterocycles. The van der Waals surface area contributed by atoms with E-state index in [1.165, 1.54) is 0 Å². The number of carbonyl (C=O) groups is 1. The van der Waals surface area contributed by atoms with Crippen LogP contribution in [0.15, 0.2) is 72.9 Å². The van der Waals surface area contributed by atoms with Gasteiger partial charge in [-0.3, -0.25) is 4.79 Å².